The van der Waals surface area contributed by atoms with Crippen molar-refractivity contribution in [2.45, 2.75) is 0 Å². The number of nitrogens with one attached hydrogen (secondary N) is 2. The van der Waals surface area contributed by atoms with E-state index in [1.54, 1.807) is 0 Å². The Bertz CT molecular complexity index is 545. The van der Waals surface area contributed by atoms with Crippen molar-refractivity contribution >= 4 is 21.6 Å². The van der Waals surface area contributed by atoms with E-state index in [4.69, 9.17) is 5.73 Å². The summed E-state index contributed by atoms with van der Waals surface area (Å²) in [6.07, 6.45) is 0. The van der Waals surface area contributed by atoms with Gasteiger partial charge in [0.05, 0.1) is 11.3 Å². The molecule has 0 aliphatic carbocycles. The van der Waals surface area contributed by atoms with Crippen LogP contribution in [0.5, 0.6) is 0 Å². The molecule has 18 heavy (non-hydrogen) atoms. The molecule has 0 aliphatic rings. The first-order valence-electron chi connectivity index (χ1n) is 5.10. The van der Waals surface area contributed by atoms with Gasteiger partial charge < -0.3 is 11.1 Å². The van der Waals surface area contributed by atoms with Gasteiger partial charge in [-0.2, -0.15) is 0 Å². The number of carbonyl (C=O) groups excluding carboxylic acids is 1. The molecule has 6 nitrogen and oxygen atoms in total. The summed E-state index contributed by atoms with van der Waals surface area (Å²) in [5.41, 5.74) is 5.59. The first-order valence-corrected chi connectivity index (χ1v) is 6.75. The molecule has 0 atom stereocenters. The molecule has 1 aromatic carbocycles. The Labute approximate surface area is 104 Å². The Hall–Kier alpha value is -1.67. The van der Waals surface area contributed by atoms with E-state index in [0.29, 0.717) is 0 Å². The molecule has 0 aromatic heterocycles. The van der Waals surface area contributed by atoms with Gasteiger partial charge in [0, 0.05) is 12.2 Å². The minimum atomic E-state index is -3.37. The number of benzene rings is 1. The highest BCUT2D eigenvalue weighted by Crippen LogP contribution is 2.12. The summed E-state index contributed by atoms with van der Waals surface area (Å²) in [6, 6.07) is 3.38. The van der Waals surface area contributed by atoms with Gasteiger partial charge in [-0.1, -0.05) is 0 Å². The third-order valence-electron chi connectivity index (χ3n) is 2.23. The minimum Gasteiger partial charge on any atom is -0.398 e. The molecule has 1 aromatic rings. The minimum absolute atomic E-state index is 0.00368. The van der Waals surface area contributed by atoms with Gasteiger partial charge in [0.15, 0.2) is 0 Å². The van der Waals surface area contributed by atoms with Crippen LogP contribution in [0.3, 0.4) is 0 Å². The monoisotopic (exact) mass is 275 g/mol. The second-order valence-corrected chi connectivity index (χ2v) is 5.56. The highest BCUT2D eigenvalue weighted by Gasteiger charge is 2.12. The lowest BCUT2D eigenvalue weighted by atomic mass is 10.1. The fraction of sp³-hybridized carbons (Fsp3) is 0.300. The number of halogens is 1. The molecular formula is C10H14FN3O3S. The van der Waals surface area contributed by atoms with E-state index in [0.717, 1.165) is 12.1 Å². The standard InChI is InChI=1S/C10H14FN3O3S/c1-13-18(16,17)5-4-14-10(15)8-3-2-7(11)6-9(8)12/h2-3,6,13H,4-5,12H2,1H3,(H,14,15). The quantitative estimate of drug-likeness (QED) is 0.641. The normalized spacial score (nSPS) is 11.2. The maximum absolute atomic E-state index is 12.8. The van der Waals surface area contributed by atoms with Gasteiger partial charge in [0.1, 0.15) is 5.82 Å². The molecule has 1 rings (SSSR count). The largest absolute Gasteiger partial charge is 0.398 e. The van der Waals surface area contributed by atoms with Crippen molar-refractivity contribution in [1.29, 1.82) is 0 Å². The molecule has 0 spiro atoms. The van der Waals surface area contributed by atoms with E-state index >= 15 is 0 Å². The predicted molar refractivity (Wildman–Crippen MR) is 66.0 cm³/mol. The van der Waals surface area contributed by atoms with E-state index in [-0.39, 0.29) is 23.5 Å². The van der Waals surface area contributed by atoms with Gasteiger partial charge in [-0.25, -0.2) is 17.5 Å². The zero-order valence-electron chi connectivity index (χ0n) is 9.73. The summed E-state index contributed by atoms with van der Waals surface area (Å²) >= 11 is 0. The lowest BCUT2D eigenvalue weighted by Gasteiger charge is -2.07. The first kappa shape index (κ1) is 14.4. The Kier molecular flexibility index (Phi) is 4.62. The summed E-state index contributed by atoms with van der Waals surface area (Å²) in [7, 11) is -2.08. The van der Waals surface area contributed by atoms with Crippen LogP contribution < -0.4 is 15.8 Å². The van der Waals surface area contributed by atoms with Gasteiger partial charge in [0.25, 0.3) is 5.91 Å². The summed E-state index contributed by atoms with van der Waals surface area (Å²) < 4.78 is 37.1. The van der Waals surface area contributed by atoms with E-state index in [1.165, 1.54) is 13.1 Å². The number of nitrogen functional groups attached to an aromatic ring is 1. The maximum atomic E-state index is 12.8. The van der Waals surface area contributed by atoms with Gasteiger partial charge in [-0.15, -0.1) is 0 Å². The third kappa shape index (κ3) is 3.97. The summed E-state index contributed by atoms with van der Waals surface area (Å²) in [5.74, 6) is -1.32. The van der Waals surface area contributed by atoms with Crippen LogP contribution in [0.25, 0.3) is 0 Å². The second kappa shape index (κ2) is 5.78. The molecule has 0 saturated carbocycles. The van der Waals surface area contributed by atoms with E-state index in [2.05, 4.69) is 10.0 Å². The van der Waals surface area contributed by atoms with Gasteiger partial charge in [-0.05, 0) is 25.2 Å². The van der Waals surface area contributed by atoms with Crippen molar-refractivity contribution in [3.8, 4) is 0 Å². The molecule has 0 fully saturated rings. The number of amides is 1. The Morgan fingerprint density at radius 1 is 1.44 bits per heavy atom. The summed E-state index contributed by atoms with van der Waals surface area (Å²) in [5, 5.41) is 2.39. The molecule has 100 valence electrons. The van der Waals surface area contributed by atoms with Crippen molar-refractivity contribution in [3.63, 3.8) is 0 Å². The van der Waals surface area contributed by atoms with Crippen LogP contribution in [-0.4, -0.2) is 33.7 Å². The van der Waals surface area contributed by atoms with Gasteiger partial charge in [-0.3, -0.25) is 4.79 Å². The molecule has 8 heteroatoms. The van der Waals surface area contributed by atoms with Crippen molar-refractivity contribution < 1.29 is 17.6 Å². The molecule has 0 heterocycles. The van der Waals surface area contributed by atoms with Crippen molar-refractivity contribution in [1.82, 2.24) is 10.0 Å². The number of nitrogens with two attached hydrogens (primary N) is 1. The topological polar surface area (TPSA) is 101 Å². The highest BCUT2D eigenvalue weighted by atomic mass is 32.2. The Morgan fingerprint density at radius 3 is 2.67 bits per heavy atom. The predicted octanol–water partition coefficient (Wildman–Crippen LogP) is -0.313. The fourth-order valence-corrected chi connectivity index (χ4v) is 1.81. The Morgan fingerprint density at radius 2 is 2.11 bits per heavy atom. The van der Waals surface area contributed by atoms with Crippen LogP contribution in [0.4, 0.5) is 10.1 Å². The van der Waals surface area contributed by atoms with Gasteiger partial charge in [0.2, 0.25) is 10.0 Å². The number of carbonyl (C=O) groups is 1. The van der Waals surface area contributed by atoms with Crippen molar-refractivity contribution in [2.24, 2.45) is 0 Å². The number of hydrogen-bond acceptors (Lipinski definition) is 4. The molecule has 0 radical (unpaired) electrons. The average molecular weight is 275 g/mol. The SMILES string of the molecule is CNS(=O)(=O)CCNC(=O)c1ccc(F)cc1N. The molecule has 1 amide bonds. The molecule has 0 bridgehead atoms. The van der Waals surface area contributed by atoms with Crippen LogP contribution >= 0.6 is 0 Å². The van der Waals surface area contributed by atoms with E-state index in [1.807, 2.05) is 0 Å². The molecule has 0 saturated heterocycles. The van der Waals surface area contributed by atoms with Crippen molar-refractivity contribution in [3.05, 3.63) is 29.6 Å². The molecular weight excluding hydrogens is 261 g/mol. The smallest absolute Gasteiger partial charge is 0.253 e. The average Bonchev–Trinajstić information content (AvgIpc) is 2.28. The van der Waals surface area contributed by atoms with Crippen LogP contribution in [-0.2, 0) is 10.0 Å². The number of sulfonamides is 1. The Balaban J connectivity index is 2.61. The number of hydrogen-bond donors (Lipinski definition) is 3. The van der Waals surface area contributed by atoms with Crippen molar-refractivity contribution in [2.75, 3.05) is 25.1 Å². The zero-order chi connectivity index (χ0) is 13.8. The van der Waals surface area contributed by atoms with E-state index in [9.17, 15) is 17.6 Å². The fourth-order valence-electron chi connectivity index (χ4n) is 1.24. The zero-order valence-corrected chi connectivity index (χ0v) is 10.6. The van der Waals surface area contributed by atoms with Crippen LogP contribution in [0.1, 0.15) is 10.4 Å². The highest BCUT2D eigenvalue weighted by molar-refractivity contribution is 7.89. The second-order valence-electron chi connectivity index (χ2n) is 3.51. The summed E-state index contributed by atoms with van der Waals surface area (Å²) in [6.45, 7) is -0.0567. The van der Waals surface area contributed by atoms with Crippen LogP contribution in [0, 0.1) is 5.82 Å². The van der Waals surface area contributed by atoms with Crippen LogP contribution in [0.2, 0.25) is 0 Å². The van der Waals surface area contributed by atoms with E-state index < -0.39 is 21.7 Å². The summed E-state index contributed by atoms with van der Waals surface area (Å²) in [4.78, 5) is 11.6. The number of anilines is 1. The lowest BCUT2D eigenvalue weighted by molar-refractivity contribution is 0.0957. The third-order valence-corrected chi connectivity index (χ3v) is 3.59. The van der Waals surface area contributed by atoms with Gasteiger partial charge >= 0.3 is 0 Å². The van der Waals surface area contributed by atoms with Crippen LogP contribution in [0.15, 0.2) is 18.2 Å². The molecule has 0 aliphatic heterocycles. The number of rotatable bonds is 5. The molecule has 0 unspecified atom stereocenters. The lowest BCUT2D eigenvalue weighted by Crippen LogP contribution is -2.33. The maximum Gasteiger partial charge on any atom is 0.253 e. The first-order chi connectivity index (χ1) is 8.35. The molecule has 4 N–H and O–H groups in total.